The van der Waals surface area contributed by atoms with Gasteiger partial charge in [-0.3, -0.25) is 4.79 Å². The third-order valence-electron chi connectivity index (χ3n) is 4.44. The van der Waals surface area contributed by atoms with Gasteiger partial charge in [0, 0.05) is 18.8 Å². The molecule has 0 radical (unpaired) electrons. The summed E-state index contributed by atoms with van der Waals surface area (Å²) in [6.07, 6.45) is -2.92. The van der Waals surface area contributed by atoms with Crippen molar-refractivity contribution >= 4 is 41.5 Å². The van der Waals surface area contributed by atoms with Crippen molar-refractivity contribution in [1.29, 1.82) is 0 Å². The molecule has 0 bridgehead atoms. The van der Waals surface area contributed by atoms with Gasteiger partial charge in [0.2, 0.25) is 0 Å². The lowest BCUT2D eigenvalue weighted by atomic mass is 10.1. The van der Waals surface area contributed by atoms with E-state index < -0.39 is 11.7 Å². The summed E-state index contributed by atoms with van der Waals surface area (Å²) in [6, 6.07) is 15.5. The molecule has 0 saturated heterocycles. The first-order valence-electron chi connectivity index (χ1n) is 9.97. The van der Waals surface area contributed by atoms with Crippen LogP contribution in [-0.2, 0) is 19.3 Å². The van der Waals surface area contributed by atoms with Crippen LogP contribution in [0.2, 0.25) is 0 Å². The van der Waals surface area contributed by atoms with Gasteiger partial charge in [0.15, 0.2) is 11.7 Å². The van der Waals surface area contributed by atoms with E-state index in [0.717, 1.165) is 17.7 Å². The van der Waals surface area contributed by atoms with Crippen molar-refractivity contribution in [2.75, 3.05) is 11.9 Å². The Kier molecular flexibility index (Phi) is 9.76. The van der Waals surface area contributed by atoms with Crippen LogP contribution in [0, 0.1) is 0 Å². The van der Waals surface area contributed by atoms with E-state index in [-0.39, 0.29) is 35.6 Å². The molecule has 176 valence electrons. The maximum absolute atomic E-state index is 12.7. The number of aliphatic imine (C=N–C) groups is 1. The number of amides is 1. The monoisotopic (exact) mass is 572 g/mol. The lowest BCUT2D eigenvalue weighted by molar-refractivity contribution is -0.137. The Morgan fingerprint density at radius 1 is 1.00 bits per heavy atom. The summed E-state index contributed by atoms with van der Waals surface area (Å²) in [4.78, 5) is 16.6. The third-order valence-corrected chi connectivity index (χ3v) is 4.44. The Balaban J connectivity index is 0.00000385. The summed E-state index contributed by atoms with van der Waals surface area (Å²) in [5.74, 6) is 0.398. The molecule has 1 aromatic heterocycles. The number of benzene rings is 2. The molecule has 0 aliphatic carbocycles. The molecule has 1 amide bonds. The highest BCUT2D eigenvalue weighted by molar-refractivity contribution is 14.0. The average molecular weight is 572 g/mol. The Morgan fingerprint density at radius 3 is 2.39 bits per heavy atom. The molecule has 0 unspecified atom stereocenters. The maximum atomic E-state index is 12.7. The number of hydrogen-bond donors (Lipinski definition) is 3. The fourth-order valence-electron chi connectivity index (χ4n) is 2.86. The van der Waals surface area contributed by atoms with Crippen molar-refractivity contribution in [3.63, 3.8) is 0 Å². The van der Waals surface area contributed by atoms with Crippen molar-refractivity contribution < 1.29 is 22.4 Å². The summed E-state index contributed by atoms with van der Waals surface area (Å²) in [5, 5.41) is 8.97. The summed E-state index contributed by atoms with van der Waals surface area (Å²) in [6.45, 7) is 3.20. The summed E-state index contributed by atoms with van der Waals surface area (Å²) in [5.41, 5.74) is 1.50. The van der Waals surface area contributed by atoms with E-state index in [1.165, 1.54) is 18.4 Å². The van der Waals surface area contributed by atoms with E-state index in [2.05, 4.69) is 20.9 Å². The summed E-state index contributed by atoms with van der Waals surface area (Å²) in [7, 11) is 0. The molecule has 1 heterocycles. The van der Waals surface area contributed by atoms with Crippen LogP contribution >= 0.6 is 24.0 Å². The maximum Gasteiger partial charge on any atom is 0.416 e. The normalized spacial score (nSPS) is 11.5. The molecule has 0 saturated carbocycles. The molecule has 0 spiro atoms. The number of anilines is 1. The fraction of sp³-hybridized carbons (Fsp3) is 0.217. The van der Waals surface area contributed by atoms with E-state index in [4.69, 9.17) is 4.42 Å². The van der Waals surface area contributed by atoms with Gasteiger partial charge in [0.25, 0.3) is 5.91 Å². The fourth-order valence-corrected chi connectivity index (χ4v) is 2.86. The Morgan fingerprint density at radius 2 is 1.76 bits per heavy atom. The van der Waals surface area contributed by atoms with Crippen LogP contribution in [0.1, 0.15) is 34.2 Å². The topological polar surface area (TPSA) is 78.7 Å². The van der Waals surface area contributed by atoms with Gasteiger partial charge in [-0.2, -0.15) is 13.2 Å². The first-order chi connectivity index (χ1) is 15.3. The standard InChI is InChI=1S/C23H23F3N4O2.HI/c1-2-27-22(28-14-16-8-10-18(11-9-16)23(24,25)26)29-15-17-5-3-6-19(13-17)30-21(31)20-7-4-12-32-20;/h3-13H,2,14-15H2,1H3,(H,30,31)(H2,27,28,29);1H. The Hall–Kier alpha value is -3.02. The molecular weight excluding hydrogens is 548 g/mol. The second kappa shape index (κ2) is 12.3. The van der Waals surface area contributed by atoms with Gasteiger partial charge < -0.3 is 20.4 Å². The Labute approximate surface area is 206 Å². The third kappa shape index (κ3) is 8.12. The van der Waals surface area contributed by atoms with Gasteiger partial charge in [0.1, 0.15) is 0 Å². The zero-order valence-electron chi connectivity index (χ0n) is 17.8. The minimum absolute atomic E-state index is 0. The lowest BCUT2D eigenvalue weighted by Gasteiger charge is -2.12. The van der Waals surface area contributed by atoms with Crippen LogP contribution in [0.15, 0.2) is 76.3 Å². The molecule has 2 aromatic carbocycles. The van der Waals surface area contributed by atoms with Crippen LogP contribution < -0.4 is 16.0 Å². The number of halogens is 4. The second-order valence-corrected chi connectivity index (χ2v) is 6.88. The number of alkyl halides is 3. The zero-order valence-corrected chi connectivity index (χ0v) is 20.1. The molecular formula is C23H24F3IN4O2. The summed E-state index contributed by atoms with van der Waals surface area (Å²) < 4.78 is 43.2. The number of guanidine groups is 1. The van der Waals surface area contributed by atoms with Gasteiger partial charge in [-0.05, 0) is 54.4 Å². The van der Waals surface area contributed by atoms with Gasteiger partial charge in [-0.25, -0.2) is 4.99 Å². The van der Waals surface area contributed by atoms with Gasteiger partial charge in [-0.1, -0.05) is 24.3 Å². The van der Waals surface area contributed by atoms with Crippen LogP contribution in [0.25, 0.3) is 0 Å². The highest BCUT2D eigenvalue weighted by Gasteiger charge is 2.29. The number of nitrogens with zero attached hydrogens (tertiary/aromatic N) is 1. The van der Waals surface area contributed by atoms with Crippen LogP contribution in [-0.4, -0.2) is 18.4 Å². The van der Waals surface area contributed by atoms with E-state index in [1.54, 1.807) is 18.2 Å². The van der Waals surface area contributed by atoms with Crippen molar-refractivity contribution in [3.8, 4) is 0 Å². The molecule has 6 nitrogen and oxygen atoms in total. The van der Waals surface area contributed by atoms with Crippen molar-refractivity contribution in [2.45, 2.75) is 26.2 Å². The average Bonchev–Trinajstić information content (AvgIpc) is 3.31. The molecule has 3 rings (SSSR count). The lowest BCUT2D eigenvalue weighted by Crippen LogP contribution is -2.36. The first-order valence-corrected chi connectivity index (χ1v) is 9.97. The van der Waals surface area contributed by atoms with Crippen molar-refractivity contribution in [2.24, 2.45) is 4.99 Å². The van der Waals surface area contributed by atoms with Crippen LogP contribution in [0.5, 0.6) is 0 Å². The van der Waals surface area contributed by atoms with Gasteiger partial charge >= 0.3 is 6.18 Å². The van der Waals surface area contributed by atoms with E-state index in [9.17, 15) is 18.0 Å². The second-order valence-electron chi connectivity index (χ2n) is 6.88. The van der Waals surface area contributed by atoms with Crippen LogP contribution in [0.4, 0.5) is 18.9 Å². The number of nitrogens with one attached hydrogen (secondary N) is 3. The predicted molar refractivity (Wildman–Crippen MR) is 132 cm³/mol. The molecule has 33 heavy (non-hydrogen) atoms. The molecule has 0 atom stereocenters. The minimum Gasteiger partial charge on any atom is -0.459 e. The summed E-state index contributed by atoms with van der Waals surface area (Å²) >= 11 is 0. The number of carbonyl (C=O) groups excluding carboxylic acids is 1. The van der Waals surface area contributed by atoms with Crippen molar-refractivity contribution in [1.82, 2.24) is 10.6 Å². The molecule has 3 N–H and O–H groups in total. The van der Waals surface area contributed by atoms with Gasteiger partial charge in [-0.15, -0.1) is 24.0 Å². The van der Waals surface area contributed by atoms with E-state index >= 15 is 0 Å². The highest BCUT2D eigenvalue weighted by atomic mass is 127. The zero-order chi connectivity index (χ0) is 23.0. The molecule has 3 aromatic rings. The number of furan rings is 1. The van der Waals surface area contributed by atoms with E-state index in [1.807, 2.05) is 25.1 Å². The number of carbonyl (C=O) groups is 1. The minimum atomic E-state index is -4.35. The van der Waals surface area contributed by atoms with Crippen molar-refractivity contribution in [3.05, 3.63) is 89.4 Å². The van der Waals surface area contributed by atoms with Gasteiger partial charge in [0.05, 0.1) is 18.4 Å². The molecule has 0 aliphatic heterocycles. The molecule has 10 heteroatoms. The highest BCUT2D eigenvalue weighted by Crippen LogP contribution is 2.29. The van der Waals surface area contributed by atoms with Crippen LogP contribution in [0.3, 0.4) is 0 Å². The van der Waals surface area contributed by atoms with E-state index in [0.29, 0.717) is 36.8 Å². The SMILES string of the molecule is CCNC(=NCc1cccc(NC(=O)c2ccco2)c1)NCc1ccc(C(F)(F)F)cc1.I. The quantitative estimate of drug-likeness (QED) is 0.201. The molecule has 0 aliphatic rings. The first kappa shape index (κ1) is 26.2. The predicted octanol–water partition coefficient (Wildman–Crippen LogP) is 5.42. The number of rotatable bonds is 7. The number of hydrogen-bond acceptors (Lipinski definition) is 3. The Bertz CT molecular complexity index is 1050. The molecule has 0 fully saturated rings. The largest absolute Gasteiger partial charge is 0.459 e. The smallest absolute Gasteiger partial charge is 0.416 e.